The summed E-state index contributed by atoms with van der Waals surface area (Å²) in [7, 11) is 0. The van der Waals surface area contributed by atoms with Gasteiger partial charge in [0.05, 0.1) is 0 Å². The molecule has 1 aliphatic rings. The minimum Gasteiger partial charge on any atom is -0.508 e. The quantitative estimate of drug-likeness (QED) is 0.878. The smallest absolute Gasteiger partial charge is 0.269 e. The highest BCUT2D eigenvalue weighted by atomic mass is 16.6. The molecule has 1 heterocycles. The number of fused-ring (bicyclic) bond motifs is 1. The van der Waals surface area contributed by atoms with E-state index in [-0.39, 0.29) is 18.3 Å². The van der Waals surface area contributed by atoms with Gasteiger partial charge in [0.2, 0.25) is 6.10 Å². The third-order valence-corrected chi connectivity index (χ3v) is 2.92. The molecule has 2 N–H and O–H groups in total. The van der Waals surface area contributed by atoms with Gasteiger partial charge in [0.25, 0.3) is 5.91 Å². The minimum atomic E-state index is -0.716. The van der Waals surface area contributed by atoms with Crippen molar-refractivity contribution in [2.45, 2.75) is 6.10 Å². The number of carbonyl (C=O) groups is 1. The summed E-state index contributed by atoms with van der Waals surface area (Å²) in [5.74, 6) is 0.713. The van der Waals surface area contributed by atoms with Gasteiger partial charge in [-0.05, 0) is 24.3 Å². The van der Waals surface area contributed by atoms with Crippen molar-refractivity contribution >= 4 is 11.6 Å². The molecule has 1 aliphatic heterocycles. The number of rotatable bonds is 2. The third-order valence-electron chi connectivity index (χ3n) is 2.92. The Morgan fingerprint density at radius 1 is 1.15 bits per heavy atom. The van der Waals surface area contributed by atoms with Crippen LogP contribution in [-0.4, -0.2) is 23.7 Å². The second kappa shape index (κ2) is 5.13. The fourth-order valence-electron chi connectivity index (χ4n) is 1.93. The normalized spacial score (nSPS) is 16.5. The zero-order valence-corrected chi connectivity index (χ0v) is 10.6. The van der Waals surface area contributed by atoms with Gasteiger partial charge in [-0.3, -0.25) is 4.79 Å². The van der Waals surface area contributed by atoms with Crippen molar-refractivity contribution in [3.05, 3.63) is 48.5 Å². The van der Waals surface area contributed by atoms with E-state index in [0.717, 1.165) is 0 Å². The molecule has 2 aromatic carbocycles. The summed E-state index contributed by atoms with van der Waals surface area (Å²) in [5.41, 5.74) is 0.706. The van der Waals surface area contributed by atoms with Crippen LogP contribution >= 0.6 is 0 Å². The van der Waals surface area contributed by atoms with E-state index >= 15 is 0 Å². The highest BCUT2D eigenvalue weighted by molar-refractivity contribution is 5.94. The lowest BCUT2D eigenvalue weighted by molar-refractivity contribution is -0.125. The molecule has 5 heteroatoms. The van der Waals surface area contributed by atoms with Crippen LogP contribution in [0.5, 0.6) is 17.2 Å². The Balaban J connectivity index is 1.70. The van der Waals surface area contributed by atoms with Crippen LogP contribution in [0.3, 0.4) is 0 Å². The number of nitrogens with one attached hydrogen (secondary N) is 1. The number of para-hydroxylation sites is 1. The van der Waals surface area contributed by atoms with Crippen LogP contribution < -0.4 is 14.8 Å². The number of hydrogen-bond donors (Lipinski definition) is 2. The molecule has 2 aromatic rings. The van der Waals surface area contributed by atoms with Crippen LogP contribution in [0, 0.1) is 0 Å². The monoisotopic (exact) mass is 271 g/mol. The third kappa shape index (κ3) is 2.51. The second-order valence-electron chi connectivity index (χ2n) is 4.40. The van der Waals surface area contributed by atoms with Gasteiger partial charge >= 0.3 is 0 Å². The maximum absolute atomic E-state index is 12.1. The average molecular weight is 271 g/mol. The van der Waals surface area contributed by atoms with Gasteiger partial charge < -0.3 is 19.9 Å². The Bertz CT molecular complexity index is 627. The average Bonchev–Trinajstić information content (AvgIpc) is 2.47. The van der Waals surface area contributed by atoms with E-state index in [0.29, 0.717) is 17.2 Å². The lowest BCUT2D eigenvalue weighted by atomic mass is 10.2. The number of phenols is 1. The highest BCUT2D eigenvalue weighted by Crippen LogP contribution is 2.34. The summed E-state index contributed by atoms with van der Waals surface area (Å²) in [6, 6.07) is 13.7. The van der Waals surface area contributed by atoms with Crippen LogP contribution in [0.15, 0.2) is 48.5 Å². The second-order valence-corrected chi connectivity index (χ2v) is 4.40. The predicted octanol–water partition coefficient (Wildman–Crippen LogP) is 2.17. The van der Waals surface area contributed by atoms with Crippen LogP contribution in [-0.2, 0) is 4.79 Å². The number of anilines is 1. The first-order valence-corrected chi connectivity index (χ1v) is 6.21. The number of benzene rings is 2. The summed E-state index contributed by atoms with van der Waals surface area (Å²) in [6.45, 7) is 0.106. The SMILES string of the molecule is O=C(Nc1ccccc1)C1COc2cc(O)ccc2O1. The van der Waals surface area contributed by atoms with E-state index < -0.39 is 6.10 Å². The summed E-state index contributed by atoms with van der Waals surface area (Å²) in [4.78, 5) is 12.1. The van der Waals surface area contributed by atoms with E-state index in [1.54, 1.807) is 18.2 Å². The molecule has 1 atom stereocenters. The molecule has 0 bridgehead atoms. The van der Waals surface area contributed by atoms with Crippen molar-refractivity contribution < 1.29 is 19.4 Å². The van der Waals surface area contributed by atoms with Crippen molar-refractivity contribution in [2.75, 3.05) is 11.9 Å². The Kier molecular flexibility index (Phi) is 3.16. The molecular weight excluding hydrogens is 258 g/mol. The van der Waals surface area contributed by atoms with Gasteiger partial charge in [-0.2, -0.15) is 0 Å². The Morgan fingerprint density at radius 3 is 2.75 bits per heavy atom. The fourth-order valence-corrected chi connectivity index (χ4v) is 1.93. The summed E-state index contributed by atoms with van der Waals surface area (Å²) in [5, 5.41) is 12.1. The Labute approximate surface area is 115 Å². The molecule has 102 valence electrons. The maximum Gasteiger partial charge on any atom is 0.269 e. The molecule has 0 aliphatic carbocycles. The molecule has 0 fully saturated rings. The Morgan fingerprint density at radius 2 is 1.95 bits per heavy atom. The Hall–Kier alpha value is -2.69. The standard InChI is InChI=1S/C15H13NO4/c17-11-6-7-12-13(8-11)19-9-14(20-12)15(18)16-10-4-2-1-3-5-10/h1-8,14,17H,9H2,(H,16,18). The molecule has 3 rings (SSSR count). The van der Waals surface area contributed by atoms with Crippen molar-refractivity contribution in [3.8, 4) is 17.2 Å². The number of phenolic OH excluding ortho intramolecular Hbond substituents is 1. The molecule has 20 heavy (non-hydrogen) atoms. The first-order chi connectivity index (χ1) is 9.72. The van der Waals surface area contributed by atoms with Gasteiger partial charge in [0.15, 0.2) is 11.5 Å². The maximum atomic E-state index is 12.1. The molecule has 5 nitrogen and oxygen atoms in total. The summed E-state index contributed by atoms with van der Waals surface area (Å²) < 4.78 is 11.0. The zero-order chi connectivity index (χ0) is 13.9. The molecule has 0 saturated heterocycles. The van der Waals surface area contributed by atoms with Gasteiger partial charge in [-0.1, -0.05) is 18.2 Å². The predicted molar refractivity (Wildman–Crippen MR) is 73.1 cm³/mol. The highest BCUT2D eigenvalue weighted by Gasteiger charge is 2.27. The molecule has 0 radical (unpaired) electrons. The first-order valence-electron chi connectivity index (χ1n) is 6.21. The van der Waals surface area contributed by atoms with Crippen LogP contribution in [0.4, 0.5) is 5.69 Å². The number of amides is 1. The van der Waals surface area contributed by atoms with Crippen molar-refractivity contribution in [1.29, 1.82) is 0 Å². The molecule has 1 unspecified atom stereocenters. The molecule has 0 saturated carbocycles. The van der Waals surface area contributed by atoms with Crippen molar-refractivity contribution in [3.63, 3.8) is 0 Å². The lowest BCUT2D eigenvalue weighted by Gasteiger charge is -2.25. The minimum absolute atomic E-state index is 0.0968. The van der Waals surface area contributed by atoms with Gasteiger partial charge in [-0.15, -0.1) is 0 Å². The van der Waals surface area contributed by atoms with E-state index in [1.807, 2.05) is 18.2 Å². The summed E-state index contributed by atoms with van der Waals surface area (Å²) in [6.07, 6.45) is -0.716. The number of carbonyl (C=O) groups excluding carboxylic acids is 1. The van der Waals surface area contributed by atoms with E-state index in [1.165, 1.54) is 12.1 Å². The van der Waals surface area contributed by atoms with E-state index in [2.05, 4.69) is 5.32 Å². The largest absolute Gasteiger partial charge is 0.508 e. The number of ether oxygens (including phenoxy) is 2. The summed E-state index contributed by atoms with van der Waals surface area (Å²) >= 11 is 0. The van der Waals surface area contributed by atoms with E-state index in [4.69, 9.17) is 9.47 Å². The van der Waals surface area contributed by atoms with E-state index in [9.17, 15) is 9.90 Å². The van der Waals surface area contributed by atoms with Gasteiger partial charge in [0.1, 0.15) is 12.4 Å². The molecule has 0 spiro atoms. The molecular formula is C15H13NO4. The fraction of sp³-hybridized carbons (Fsp3) is 0.133. The zero-order valence-electron chi connectivity index (χ0n) is 10.6. The van der Waals surface area contributed by atoms with Crippen molar-refractivity contribution in [2.24, 2.45) is 0 Å². The van der Waals surface area contributed by atoms with Crippen LogP contribution in [0.25, 0.3) is 0 Å². The molecule has 0 aromatic heterocycles. The lowest BCUT2D eigenvalue weighted by Crippen LogP contribution is -2.40. The van der Waals surface area contributed by atoms with Crippen LogP contribution in [0.1, 0.15) is 0 Å². The topological polar surface area (TPSA) is 67.8 Å². The van der Waals surface area contributed by atoms with Crippen molar-refractivity contribution in [1.82, 2.24) is 0 Å². The van der Waals surface area contributed by atoms with Gasteiger partial charge in [0, 0.05) is 11.8 Å². The molecule has 1 amide bonds. The van der Waals surface area contributed by atoms with Crippen LogP contribution in [0.2, 0.25) is 0 Å². The number of aromatic hydroxyl groups is 1. The number of hydrogen-bond acceptors (Lipinski definition) is 4. The van der Waals surface area contributed by atoms with Gasteiger partial charge in [-0.25, -0.2) is 0 Å². The first kappa shape index (κ1) is 12.3.